The Morgan fingerprint density at radius 2 is 1.96 bits per heavy atom. The van der Waals surface area contributed by atoms with E-state index >= 15 is 0 Å². The smallest absolute Gasteiger partial charge is 0.416 e. The van der Waals surface area contributed by atoms with Crippen LogP contribution in [0.2, 0.25) is 0 Å². The summed E-state index contributed by atoms with van der Waals surface area (Å²) in [4.78, 5) is 6.58. The van der Waals surface area contributed by atoms with E-state index in [2.05, 4.69) is 20.5 Å². The number of morpholine rings is 1. The third-order valence-electron chi connectivity index (χ3n) is 4.20. The van der Waals surface area contributed by atoms with Gasteiger partial charge in [0.15, 0.2) is 5.96 Å². The fraction of sp³-hybridized carbons (Fsp3) is 0.611. The summed E-state index contributed by atoms with van der Waals surface area (Å²) in [5, 5.41) is 6.23. The molecule has 6 nitrogen and oxygen atoms in total. The van der Waals surface area contributed by atoms with E-state index in [1.807, 2.05) is 6.92 Å². The van der Waals surface area contributed by atoms with Gasteiger partial charge in [-0.15, -0.1) is 24.0 Å². The van der Waals surface area contributed by atoms with E-state index in [9.17, 15) is 13.2 Å². The molecule has 160 valence electrons. The zero-order valence-corrected chi connectivity index (χ0v) is 18.5. The summed E-state index contributed by atoms with van der Waals surface area (Å²) in [7, 11) is 1.34. The molecule has 0 aromatic heterocycles. The zero-order chi connectivity index (χ0) is 19.7. The first-order chi connectivity index (χ1) is 12.9. The highest BCUT2D eigenvalue weighted by atomic mass is 127. The number of nitrogens with zero attached hydrogens (tertiary/aromatic N) is 2. The van der Waals surface area contributed by atoms with Crippen molar-refractivity contribution < 1.29 is 22.6 Å². The van der Waals surface area contributed by atoms with Gasteiger partial charge in [-0.3, -0.25) is 4.90 Å². The van der Waals surface area contributed by atoms with Crippen LogP contribution in [-0.4, -0.2) is 63.9 Å². The lowest BCUT2D eigenvalue weighted by Gasteiger charge is -2.26. The van der Waals surface area contributed by atoms with E-state index in [4.69, 9.17) is 9.47 Å². The van der Waals surface area contributed by atoms with Crippen molar-refractivity contribution in [1.29, 1.82) is 0 Å². The van der Waals surface area contributed by atoms with Gasteiger partial charge in [-0.2, -0.15) is 13.2 Å². The molecule has 0 bridgehead atoms. The number of hydrogen-bond donors (Lipinski definition) is 2. The number of halogens is 4. The molecule has 2 N–H and O–H groups in total. The first kappa shape index (κ1) is 24.8. The van der Waals surface area contributed by atoms with Crippen LogP contribution >= 0.6 is 24.0 Å². The Hall–Kier alpha value is -1.27. The van der Waals surface area contributed by atoms with Crippen molar-refractivity contribution in [1.82, 2.24) is 15.5 Å². The van der Waals surface area contributed by atoms with Gasteiger partial charge < -0.3 is 20.1 Å². The van der Waals surface area contributed by atoms with E-state index < -0.39 is 11.7 Å². The molecule has 0 saturated carbocycles. The number of alkyl halides is 3. The van der Waals surface area contributed by atoms with Gasteiger partial charge in [0.05, 0.1) is 32.4 Å². The summed E-state index contributed by atoms with van der Waals surface area (Å²) in [6.07, 6.45) is -4.46. The molecular formula is C18H28F3IN4O2. The highest BCUT2D eigenvalue weighted by molar-refractivity contribution is 14.0. The van der Waals surface area contributed by atoms with Crippen LogP contribution in [0.15, 0.2) is 23.2 Å². The second kappa shape index (κ2) is 12.3. The van der Waals surface area contributed by atoms with E-state index in [1.54, 1.807) is 0 Å². The third-order valence-corrected chi connectivity index (χ3v) is 4.20. The maximum atomic E-state index is 13.3. The molecule has 0 aliphatic carbocycles. The number of benzene rings is 1. The Balaban J connectivity index is 0.00000392. The van der Waals surface area contributed by atoms with Gasteiger partial charge in [-0.05, 0) is 24.6 Å². The van der Waals surface area contributed by atoms with Crippen molar-refractivity contribution in [3.05, 3.63) is 29.3 Å². The van der Waals surface area contributed by atoms with Crippen molar-refractivity contribution in [2.75, 3.05) is 53.0 Å². The van der Waals surface area contributed by atoms with Crippen molar-refractivity contribution in [3.63, 3.8) is 0 Å². The van der Waals surface area contributed by atoms with Gasteiger partial charge >= 0.3 is 6.18 Å². The van der Waals surface area contributed by atoms with Gasteiger partial charge in [-0.25, -0.2) is 4.99 Å². The number of methoxy groups -OCH3 is 1. The van der Waals surface area contributed by atoms with Crippen LogP contribution < -0.4 is 15.4 Å². The van der Waals surface area contributed by atoms with Crippen LogP contribution in [0.4, 0.5) is 13.2 Å². The normalized spacial score (nSPS) is 15.7. The molecule has 2 rings (SSSR count). The predicted molar refractivity (Wildman–Crippen MR) is 113 cm³/mol. The first-order valence-corrected chi connectivity index (χ1v) is 9.00. The molecule has 1 fully saturated rings. The zero-order valence-electron chi connectivity index (χ0n) is 16.1. The highest BCUT2D eigenvalue weighted by Crippen LogP contribution is 2.34. The van der Waals surface area contributed by atoms with Crippen LogP contribution in [0.25, 0.3) is 0 Å². The van der Waals surface area contributed by atoms with Gasteiger partial charge in [0.2, 0.25) is 0 Å². The Labute approximate surface area is 180 Å². The number of rotatable bonds is 7. The number of guanidine groups is 1. The minimum atomic E-state index is -4.46. The fourth-order valence-electron chi connectivity index (χ4n) is 2.75. The Morgan fingerprint density at radius 3 is 2.57 bits per heavy atom. The lowest BCUT2D eigenvalue weighted by Crippen LogP contribution is -2.44. The number of hydrogen-bond acceptors (Lipinski definition) is 4. The maximum absolute atomic E-state index is 13.3. The minimum Gasteiger partial charge on any atom is -0.497 e. The van der Waals surface area contributed by atoms with Crippen molar-refractivity contribution in [2.24, 2.45) is 4.99 Å². The Kier molecular flexibility index (Phi) is 10.9. The summed E-state index contributed by atoms with van der Waals surface area (Å²) in [5.74, 6) is 0.667. The minimum absolute atomic E-state index is 0. The lowest BCUT2D eigenvalue weighted by molar-refractivity contribution is -0.138. The van der Waals surface area contributed by atoms with Gasteiger partial charge in [0.1, 0.15) is 5.75 Å². The van der Waals surface area contributed by atoms with Crippen LogP contribution in [0.3, 0.4) is 0 Å². The Morgan fingerprint density at radius 1 is 1.25 bits per heavy atom. The predicted octanol–water partition coefficient (Wildman–Crippen LogP) is 2.72. The second-order valence-corrected chi connectivity index (χ2v) is 6.10. The van der Waals surface area contributed by atoms with Crippen LogP contribution in [0.5, 0.6) is 5.75 Å². The maximum Gasteiger partial charge on any atom is 0.416 e. The average Bonchev–Trinajstić information content (AvgIpc) is 2.66. The standard InChI is InChI=1S/C18H27F3N4O2.HI/c1-3-22-17(23-6-7-25-8-10-27-11-9-25)24-13-14-4-5-15(26-2)12-16(14)18(19,20)21;/h4-5,12H,3,6-11,13H2,1-2H3,(H2,22,23,24);1H. The molecule has 0 radical (unpaired) electrons. The molecule has 10 heteroatoms. The summed E-state index contributed by atoms with van der Waals surface area (Å²) in [5.41, 5.74) is -0.622. The molecule has 0 unspecified atom stereocenters. The summed E-state index contributed by atoms with van der Waals surface area (Å²) < 4.78 is 50.1. The fourth-order valence-corrected chi connectivity index (χ4v) is 2.75. The van der Waals surface area contributed by atoms with Crippen molar-refractivity contribution in [2.45, 2.75) is 19.6 Å². The average molecular weight is 516 g/mol. The molecule has 1 aliphatic rings. The molecule has 0 spiro atoms. The van der Waals surface area contributed by atoms with E-state index in [0.29, 0.717) is 19.0 Å². The number of ether oxygens (including phenoxy) is 2. The molecular weight excluding hydrogens is 488 g/mol. The topological polar surface area (TPSA) is 58.1 Å². The molecule has 28 heavy (non-hydrogen) atoms. The molecule has 0 amide bonds. The van der Waals surface area contributed by atoms with Crippen LogP contribution in [0, 0.1) is 0 Å². The van der Waals surface area contributed by atoms with Crippen LogP contribution in [-0.2, 0) is 17.5 Å². The number of nitrogens with one attached hydrogen (secondary N) is 2. The summed E-state index contributed by atoms with van der Waals surface area (Å²) in [6.45, 7) is 7.16. The first-order valence-electron chi connectivity index (χ1n) is 9.00. The molecule has 1 aromatic rings. The van der Waals surface area contributed by atoms with Gasteiger partial charge in [0.25, 0.3) is 0 Å². The van der Waals surface area contributed by atoms with E-state index in [0.717, 1.165) is 38.9 Å². The summed E-state index contributed by atoms with van der Waals surface area (Å²) >= 11 is 0. The van der Waals surface area contributed by atoms with Gasteiger partial charge in [-0.1, -0.05) is 6.07 Å². The highest BCUT2D eigenvalue weighted by Gasteiger charge is 2.33. The van der Waals surface area contributed by atoms with Crippen LogP contribution in [0.1, 0.15) is 18.1 Å². The third kappa shape index (κ3) is 8.00. The molecule has 0 atom stereocenters. The van der Waals surface area contributed by atoms with Crippen molar-refractivity contribution >= 4 is 29.9 Å². The quantitative estimate of drug-likeness (QED) is 0.332. The van der Waals surface area contributed by atoms with Crippen molar-refractivity contribution in [3.8, 4) is 5.75 Å². The summed E-state index contributed by atoms with van der Waals surface area (Å²) in [6, 6.07) is 3.92. The SMILES string of the molecule is CCNC(=NCc1ccc(OC)cc1C(F)(F)F)NCCN1CCOCC1.I. The Bertz CT molecular complexity index is 623. The second-order valence-electron chi connectivity index (χ2n) is 6.10. The largest absolute Gasteiger partial charge is 0.497 e. The van der Waals surface area contributed by atoms with Gasteiger partial charge in [0, 0.05) is 32.7 Å². The molecule has 1 aromatic carbocycles. The lowest BCUT2D eigenvalue weighted by atomic mass is 10.1. The molecule has 1 heterocycles. The molecule has 1 aliphatic heterocycles. The van der Waals surface area contributed by atoms with E-state index in [-0.39, 0.29) is 41.8 Å². The monoisotopic (exact) mass is 516 g/mol. The number of aliphatic imine (C=N–C) groups is 1. The molecule has 1 saturated heterocycles. The van der Waals surface area contributed by atoms with E-state index in [1.165, 1.54) is 19.2 Å².